The predicted molar refractivity (Wildman–Crippen MR) is 294 cm³/mol. The van der Waals surface area contributed by atoms with E-state index in [2.05, 4.69) is 26.6 Å². The number of ether oxygens (including phenoxy) is 2. The first-order valence-corrected chi connectivity index (χ1v) is 28.1. The number of fused-ring (bicyclic) bond motifs is 5. The zero-order chi connectivity index (χ0) is 61.0. The topological polar surface area (TPSA) is 375 Å². The van der Waals surface area contributed by atoms with Crippen LogP contribution in [-0.4, -0.2) is 168 Å². The molecule has 26 heteroatoms. The number of aryl methyl sites for hydroxylation is 2. The smallest absolute Gasteiger partial charge is 0.343 e. The minimum absolute atomic E-state index is 0.01000. The molecule has 3 aliphatic heterocycles. The number of pyridine rings is 2. The first-order valence-electron chi connectivity index (χ1n) is 28.1. The van der Waals surface area contributed by atoms with Crippen molar-refractivity contribution in [1.29, 1.82) is 0 Å². The van der Waals surface area contributed by atoms with Crippen molar-refractivity contribution >= 4 is 58.2 Å². The number of halogens is 1. The first-order chi connectivity index (χ1) is 39.4. The third-order valence-electron chi connectivity index (χ3n) is 15.4. The Labute approximate surface area is 478 Å². The summed E-state index contributed by atoms with van der Waals surface area (Å²) in [4.78, 5) is 123. The largest absolute Gasteiger partial charge is 0.458 e. The van der Waals surface area contributed by atoms with Crippen molar-refractivity contribution in [2.24, 2.45) is 5.92 Å². The van der Waals surface area contributed by atoms with Crippen molar-refractivity contribution in [2.45, 2.75) is 173 Å². The molecule has 6 rings (SSSR count). The maximum Gasteiger partial charge on any atom is 0.343 e. The van der Waals surface area contributed by atoms with Crippen molar-refractivity contribution in [3.63, 3.8) is 0 Å². The number of amides is 7. The fourth-order valence-corrected chi connectivity index (χ4v) is 10.4. The molecular weight excluding hydrogens is 1090 g/mol. The van der Waals surface area contributed by atoms with Gasteiger partial charge in [0.05, 0.1) is 41.7 Å². The predicted octanol–water partition coefficient (Wildman–Crippen LogP) is -0.549. The van der Waals surface area contributed by atoms with Gasteiger partial charge in [-0.1, -0.05) is 34.1 Å². The van der Waals surface area contributed by atoms with Gasteiger partial charge in [-0.15, -0.1) is 0 Å². The van der Waals surface area contributed by atoms with Crippen LogP contribution in [0.3, 0.4) is 0 Å². The van der Waals surface area contributed by atoms with Gasteiger partial charge in [0.15, 0.2) is 5.60 Å². The van der Waals surface area contributed by atoms with Gasteiger partial charge in [-0.3, -0.25) is 43.3 Å². The molecule has 454 valence electrons. The molecule has 83 heavy (non-hydrogen) atoms. The molecule has 0 radical (unpaired) electrons. The number of benzene rings is 1. The highest BCUT2D eigenvalue weighted by Crippen LogP contribution is 2.42. The quantitative estimate of drug-likeness (QED) is 0.0130. The summed E-state index contributed by atoms with van der Waals surface area (Å²) in [7, 11) is 0. The van der Waals surface area contributed by atoms with E-state index in [1.807, 2.05) is 6.92 Å². The molecule has 0 bridgehead atoms. The molecule has 7 amide bonds. The number of aliphatic hydroxyl groups excluding tert-OH is 5. The Bertz CT molecular complexity index is 3020. The van der Waals surface area contributed by atoms with Crippen molar-refractivity contribution < 1.29 is 82.9 Å². The number of nitrogens with one attached hydrogen (secondary N) is 5. The van der Waals surface area contributed by atoms with E-state index in [1.165, 1.54) is 25.1 Å². The average molecular weight is 1170 g/mol. The summed E-state index contributed by atoms with van der Waals surface area (Å²) >= 11 is 0. The third-order valence-corrected chi connectivity index (χ3v) is 15.4. The van der Waals surface area contributed by atoms with Crippen LogP contribution in [0.5, 0.6) is 0 Å². The summed E-state index contributed by atoms with van der Waals surface area (Å²) < 4.78 is 28.1. The molecule has 0 spiro atoms. The first kappa shape index (κ1) is 65.1. The van der Waals surface area contributed by atoms with E-state index in [1.54, 1.807) is 38.3 Å². The van der Waals surface area contributed by atoms with Gasteiger partial charge in [0, 0.05) is 67.3 Å². The molecule has 1 aromatic carbocycles. The number of aliphatic hydroxyl groups is 6. The lowest BCUT2D eigenvalue weighted by atomic mass is 9.86. The van der Waals surface area contributed by atoms with Crippen LogP contribution in [0, 0.1) is 18.7 Å². The summed E-state index contributed by atoms with van der Waals surface area (Å²) in [5, 5.41) is 73.7. The van der Waals surface area contributed by atoms with E-state index in [0.29, 0.717) is 67.4 Å². The molecule has 3 aromatic rings. The molecule has 0 saturated heterocycles. The van der Waals surface area contributed by atoms with Crippen LogP contribution in [-0.2, 0) is 79.4 Å². The van der Waals surface area contributed by atoms with Crippen molar-refractivity contribution in [3.8, 4) is 11.4 Å². The van der Waals surface area contributed by atoms with Gasteiger partial charge in [0.25, 0.3) is 17.4 Å². The van der Waals surface area contributed by atoms with Crippen LogP contribution >= 0.6 is 0 Å². The number of carbonyl (C=O) groups is 8. The van der Waals surface area contributed by atoms with Crippen molar-refractivity contribution in [1.82, 2.24) is 41.0 Å². The standard InChI is InChI=1S/C57H77FN8O17/c1-7-32-34-25-66-40(22-36-35(55(66)79)27-83-56(80)57(36,81)8-2)49(34)63-39-23-37(58)30(5)33(47(32)39)14-11-13-21-82-28-60-52(76)31(6)61-54(78)48(29(3)4)64-53(77)38(16-17-43(70)59-24-41(68)50(74)51(75)42(69)26-67)62-44(71)15-10-9-12-20-65-45(72)18-19-46(65)73/h18-19,22-23,29,31,38,41-42,48,50-51,67-69,74-75,81H,7-17,20-21,24-28H2,1-6H3,(H,59,70)(H,60,76)(H,61,78)(H,62,71)(H,64,77)/t31-,38-,41-,42+,48-,50+,51+,57-/m0/s1. The number of hydrogen-bond acceptors (Lipinski definition) is 18. The highest BCUT2D eigenvalue weighted by atomic mass is 19.1. The van der Waals surface area contributed by atoms with Gasteiger partial charge in [-0.05, 0) is 93.9 Å². The van der Waals surface area contributed by atoms with Gasteiger partial charge >= 0.3 is 5.97 Å². The second kappa shape index (κ2) is 29.0. The maximum atomic E-state index is 15.7. The van der Waals surface area contributed by atoms with Crippen molar-refractivity contribution in [2.75, 3.05) is 33.0 Å². The number of hydrogen-bond donors (Lipinski definition) is 11. The molecule has 2 aromatic heterocycles. The fourth-order valence-electron chi connectivity index (χ4n) is 10.4. The molecule has 3 aliphatic rings. The number of cyclic esters (lactones) is 1. The highest BCUT2D eigenvalue weighted by molar-refractivity contribution is 6.12. The number of aromatic nitrogens is 2. The van der Waals surface area contributed by atoms with Gasteiger partial charge < -0.3 is 71.3 Å². The molecule has 11 N–H and O–H groups in total. The van der Waals surface area contributed by atoms with Gasteiger partial charge in [0.2, 0.25) is 29.5 Å². The number of unbranched alkanes of at least 4 members (excludes halogenated alkanes) is 3. The van der Waals surface area contributed by atoms with Crippen LogP contribution in [0.25, 0.3) is 22.3 Å². The molecule has 25 nitrogen and oxygen atoms in total. The minimum atomic E-state index is -2.00. The Balaban J connectivity index is 1.00. The Morgan fingerprint density at radius 1 is 0.819 bits per heavy atom. The van der Waals surface area contributed by atoms with Crippen LogP contribution < -0.4 is 32.1 Å². The van der Waals surface area contributed by atoms with E-state index in [0.717, 1.165) is 27.0 Å². The lowest BCUT2D eigenvalue weighted by molar-refractivity contribution is -0.172. The minimum Gasteiger partial charge on any atom is -0.458 e. The molecule has 0 unspecified atom stereocenters. The fraction of sp³-hybridized carbons (Fsp3) is 0.579. The number of rotatable bonds is 31. The molecule has 0 saturated carbocycles. The van der Waals surface area contributed by atoms with Crippen LogP contribution in [0.2, 0.25) is 0 Å². The second-order valence-electron chi connectivity index (χ2n) is 21.5. The van der Waals surface area contributed by atoms with Crippen molar-refractivity contribution in [3.05, 3.63) is 73.8 Å². The van der Waals surface area contributed by atoms with E-state index in [4.69, 9.17) is 19.6 Å². The molecular formula is C57H77FN8O17. The Morgan fingerprint density at radius 2 is 1.52 bits per heavy atom. The zero-order valence-electron chi connectivity index (χ0n) is 47.5. The molecule has 0 fully saturated rings. The molecule has 8 atom stereocenters. The lowest BCUT2D eigenvalue weighted by Gasteiger charge is -2.31. The van der Waals surface area contributed by atoms with E-state index in [-0.39, 0.29) is 63.4 Å². The van der Waals surface area contributed by atoms with Crippen LogP contribution in [0.4, 0.5) is 4.39 Å². The van der Waals surface area contributed by atoms with Gasteiger partial charge in [-0.25, -0.2) is 14.2 Å². The Morgan fingerprint density at radius 3 is 2.18 bits per heavy atom. The lowest BCUT2D eigenvalue weighted by Crippen LogP contribution is -2.58. The van der Waals surface area contributed by atoms with Gasteiger partial charge in [0.1, 0.15) is 55.6 Å². The zero-order valence-corrected chi connectivity index (χ0v) is 47.5. The maximum absolute atomic E-state index is 15.7. The summed E-state index contributed by atoms with van der Waals surface area (Å²) in [6.07, 6.45) is -2.72. The van der Waals surface area contributed by atoms with E-state index >= 15 is 4.39 Å². The summed E-state index contributed by atoms with van der Waals surface area (Å²) in [5.74, 6) is -6.26. The number of nitrogens with zero attached hydrogens (tertiary/aromatic N) is 3. The number of carbonyl (C=O) groups excluding carboxylic acids is 8. The molecule has 5 heterocycles. The summed E-state index contributed by atoms with van der Waals surface area (Å²) in [6, 6.07) is -0.749. The average Bonchev–Trinajstić information content (AvgIpc) is 2.26. The normalized spacial score (nSPS) is 17.9. The van der Waals surface area contributed by atoms with E-state index in [9.17, 15) is 68.7 Å². The second-order valence-corrected chi connectivity index (χ2v) is 21.5. The summed E-state index contributed by atoms with van der Waals surface area (Å²) in [6.45, 7) is 8.53. The number of imide groups is 1. The van der Waals surface area contributed by atoms with E-state index < -0.39 is 132 Å². The molecule has 0 aliphatic carbocycles. The highest BCUT2D eigenvalue weighted by Gasteiger charge is 2.46. The SMILES string of the molecule is CCc1c2c(nc3cc(F)c(C)c(CCCCOCNC(=O)[C@H](C)NC(=O)[C@@H](NC(=O)[C@H](CCC(=O)NC[C@H](O)[C@@H](O)[C@H](O)[C@H](O)CO)NC(=O)CCCCCN4C(=O)C=CC4=O)C(C)C)c13)-c1cc3c(c(=O)n1C2)COC(=O)[C@]3(O)CC. The van der Waals surface area contributed by atoms with Gasteiger partial charge in [-0.2, -0.15) is 0 Å². The number of esters is 1. The van der Waals surface area contributed by atoms with Crippen LogP contribution in [0.1, 0.15) is 126 Å². The van der Waals surface area contributed by atoms with Crippen LogP contribution in [0.15, 0.2) is 29.1 Å². The Kier molecular flexibility index (Phi) is 22.7. The monoisotopic (exact) mass is 1160 g/mol. The third kappa shape index (κ3) is 15.2. The summed E-state index contributed by atoms with van der Waals surface area (Å²) in [5.41, 5.74) is 2.20. The Hall–Kier alpha value is -7.07.